The van der Waals surface area contributed by atoms with Crippen LogP contribution < -0.4 is 20.1 Å². The molecule has 8 heteroatoms. The van der Waals surface area contributed by atoms with Crippen LogP contribution in [0.3, 0.4) is 0 Å². The van der Waals surface area contributed by atoms with Crippen molar-refractivity contribution in [1.29, 1.82) is 0 Å². The molecule has 5 nitrogen and oxygen atoms in total. The average Bonchev–Trinajstić information content (AvgIpc) is 2.71. The molecule has 29 heavy (non-hydrogen) atoms. The molecule has 0 aliphatic carbocycles. The third kappa shape index (κ3) is 5.85. The molecular formula is C21H25F3N2O3. The van der Waals surface area contributed by atoms with Gasteiger partial charge in [-0.2, -0.15) is 0 Å². The Kier molecular flexibility index (Phi) is 7.00. The van der Waals surface area contributed by atoms with E-state index in [1.165, 1.54) is 25.3 Å². The molecule has 0 amide bonds. The van der Waals surface area contributed by atoms with Crippen molar-refractivity contribution < 1.29 is 27.8 Å². The van der Waals surface area contributed by atoms with Crippen molar-refractivity contribution in [1.82, 2.24) is 10.6 Å². The number of halogens is 3. The highest BCUT2D eigenvalue weighted by Crippen LogP contribution is 2.30. The first-order chi connectivity index (χ1) is 13.9. The normalized spacial score (nSPS) is 22.3. The van der Waals surface area contributed by atoms with Crippen molar-refractivity contribution in [2.75, 3.05) is 20.3 Å². The van der Waals surface area contributed by atoms with Gasteiger partial charge in [-0.05, 0) is 36.1 Å². The van der Waals surface area contributed by atoms with Crippen LogP contribution in [0, 0.1) is 5.92 Å². The van der Waals surface area contributed by atoms with Crippen molar-refractivity contribution in [3.8, 4) is 11.5 Å². The molecule has 1 heterocycles. The molecule has 0 spiro atoms. The Morgan fingerprint density at radius 1 is 1.17 bits per heavy atom. The van der Waals surface area contributed by atoms with Crippen molar-refractivity contribution in [3.05, 3.63) is 59.7 Å². The maximum absolute atomic E-state index is 12.6. The molecule has 1 fully saturated rings. The fourth-order valence-corrected chi connectivity index (χ4v) is 3.70. The van der Waals surface area contributed by atoms with Gasteiger partial charge in [0.25, 0.3) is 0 Å². The van der Waals surface area contributed by atoms with Gasteiger partial charge >= 0.3 is 6.36 Å². The first-order valence-corrected chi connectivity index (χ1v) is 9.45. The summed E-state index contributed by atoms with van der Waals surface area (Å²) in [6.07, 6.45) is -4.01. The van der Waals surface area contributed by atoms with Crippen LogP contribution in [0.2, 0.25) is 0 Å². The number of nitrogens with one attached hydrogen (secondary N) is 2. The highest BCUT2D eigenvalue weighted by molar-refractivity contribution is 5.40. The van der Waals surface area contributed by atoms with Gasteiger partial charge in [0.1, 0.15) is 11.5 Å². The molecule has 0 saturated carbocycles. The van der Waals surface area contributed by atoms with E-state index in [4.69, 9.17) is 4.74 Å². The zero-order chi connectivity index (χ0) is 20.9. The van der Waals surface area contributed by atoms with Crippen LogP contribution in [0.1, 0.15) is 23.6 Å². The second-order valence-electron chi connectivity index (χ2n) is 7.09. The van der Waals surface area contributed by atoms with E-state index in [-0.39, 0.29) is 30.4 Å². The van der Waals surface area contributed by atoms with E-state index in [0.29, 0.717) is 24.4 Å². The minimum atomic E-state index is -4.75. The summed E-state index contributed by atoms with van der Waals surface area (Å²) >= 11 is 0. The molecule has 0 aromatic heterocycles. The van der Waals surface area contributed by atoms with Crippen molar-refractivity contribution >= 4 is 0 Å². The largest absolute Gasteiger partial charge is 0.573 e. The Balaban J connectivity index is 1.77. The highest BCUT2D eigenvalue weighted by atomic mass is 19.4. The summed E-state index contributed by atoms with van der Waals surface area (Å²) in [6.45, 7) is 1.07. The van der Waals surface area contributed by atoms with E-state index in [0.717, 1.165) is 12.0 Å². The third-order valence-corrected chi connectivity index (χ3v) is 5.07. The molecule has 0 unspecified atom stereocenters. The number of ether oxygens (including phenoxy) is 2. The maximum atomic E-state index is 12.6. The Bertz CT molecular complexity index is 786. The molecule has 2 aromatic carbocycles. The van der Waals surface area contributed by atoms with Crippen molar-refractivity contribution in [3.63, 3.8) is 0 Å². The lowest BCUT2D eigenvalue weighted by atomic mass is 9.86. The van der Waals surface area contributed by atoms with Gasteiger partial charge in [0.05, 0.1) is 7.11 Å². The minimum absolute atomic E-state index is 0.0137. The van der Waals surface area contributed by atoms with Gasteiger partial charge in [-0.25, -0.2) is 0 Å². The van der Waals surface area contributed by atoms with Crippen LogP contribution in [0.15, 0.2) is 48.5 Å². The fraction of sp³-hybridized carbons (Fsp3) is 0.429. The minimum Gasteiger partial charge on any atom is -0.496 e. The lowest BCUT2D eigenvalue weighted by molar-refractivity contribution is -0.274. The molecule has 0 radical (unpaired) electrons. The van der Waals surface area contributed by atoms with E-state index >= 15 is 0 Å². The summed E-state index contributed by atoms with van der Waals surface area (Å²) in [7, 11) is 1.47. The van der Waals surface area contributed by atoms with Gasteiger partial charge in [0.15, 0.2) is 0 Å². The van der Waals surface area contributed by atoms with Crippen LogP contribution in [0.5, 0.6) is 11.5 Å². The SMILES string of the molecule is COc1ccc(OC(F)(F)F)cc1CN[C@@H]1C[C@H](CO)CN[C@H]1c1ccccc1. The van der Waals surface area contributed by atoms with Crippen LogP contribution in [0.4, 0.5) is 13.2 Å². The van der Waals surface area contributed by atoms with E-state index in [2.05, 4.69) is 15.4 Å². The molecular weight excluding hydrogens is 385 g/mol. The number of aliphatic hydroxyl groups is 1. The summed E-state index contributed by atoms with van der Waals surface area (Å²) in [4.78, 5) is 0. The van der Waals surface area contributed by atoms with Gasteiger partial charge in [-0.3, -0.25) is 0 Å². The first kappa shape index (κ1) is 21.4. The summed E-state index contributed by atoms with van der Waals surface area (Å²) in [5.41, 5.74) is 1.68. The Labute approximate surface area is 167 Å². The van der Waals surface area contributed by atoms with Crippen LogP contribution >= 0.6 is 0 Å². The Morgan fingerprint density at radius 3 is 2.59 bits per heavy atom. The topological polar surface area (TPSA) is 62.8 Å². The summed E-state index contributed by atoms with van der Waals surface area (Å²) in [6, 6.07) is 14.0. The number of alkyl halides is 3. The standard InChI is InChI=1S/C21H25F3N2O3/c1-28-19-8-7-17(29-21(22,23)24)10-16(19)12-25-18-9-14(13-27)11-26-20(18)15-5-3-2-4-6-15/h2-8,10,14,18,20,25-27H,9,11-13H2,1H3/t14-,18+,20-/m0/s1. The van der Waals surface area contributed by atoms with E-state index in [9.17, 15) is 18.3 Å². The molecule has 3 atom stereocenters. The summed E-state index contributed by atoms with van der Waals surface area (Å²) < 4.78 is 47.0. The van der Waals surface area contributed by atoms with E-state index < -0.39 is 6.36 Å². The summed E-state index contributed by atoms with van der Waals surface area (Å²) in [5, 5.41) is 16.5. The molecule has 2 aromatic rings. The molecule has 1 saturated heterocycles. The summed E-state index contributed by atoms with van der Waals surface area (Å²) in [5.74, 6) is 0.296. The predicted molar refractivity (Wildman–Crippen MR) is 103 cm³/mol. The second-order valence-corrected chi connectivity index (χ2v) is 7.09. The molecule has 0 bridgehead atoms. The number of benzene rings is 2. The number of piperidine rings is 1. The number of rotatable bonds is 7. The van der Waals surface area contributed by atoms with Gasteiger partial charge in [-0.1, -0.05) is 30.3 Å². The van der Waals surface area contributed by atoms with Crippen molar-refractivity contribution in [2.45, 2.75) is 31.4 Å². The van der Waals surface area contributed by atoms with Gasteiger partial charge in [0, 0.05) is 37.3 Å². The zero-order valence-electron chi connectivity index (χ0n) is 16.1. The maximum Gasteiger partial charge on any atom is 0.573 e. The Hall–Kier alpha value is -2.29. The highest BCUT2D eigenvalue weighted by Gasteiger charge is 2.32. The number of methoxy groups -OCH3 is 1. The number of aliphatic hydroxyl groups excluding tert-OH is 1. The fourth-order valence-electron chi connectivity index (χ4n) is 3.70. The first-order valence-electron chi connectivity index (χ1n) is 9.45. The molecule has 3 rings (SSSR count). The van der Waals surface area contributed by atoms with Crippen LogP contribution in [-0.2, 0) is 6.54 Å². The zero-order valence-corrected chi connectivity index (χ0v) is 16.1. The van der Waals surface area contributed by atoms with E-state index in [1.54, 1.807) is 0 Å². The number of hydrogen-bond acceptors (Lipinski definition) is 5. The smallest absolute Gasteiger partial charge is 0.496 e. The monoisotopic (exact) mass is 410 g/mol. The van der Waals surface area contributed by atoms with Gasteiger partial charge in [-0.15, -0.1) is 13.2 Å². The quantitative estimate of drug-likeness (QED) is 0.653. The van der Waals surface area contributed by atoms with Crippen LogP contribution in [0.25, 0.3) is 0 Å². The molecule has 1 aliphatic rings. The van der Waals surface area contributed by atoms with Gasteiger partial charge < -0.3 is 25.2 Å². The van der Waals surface area contributed by atoms with Crippen molar-refractivity contribution in [2.24, 2.45) is 5.92 Å². The second kappa shape index (κ2) is 9.47. The number of hydrogen-bond donors (Lipinski definition) is 3. The van der Waals surface area contributed by atoms with Gasteiger partial charge in [0.2, 0.25) is 0 Å². The molecule has 3 N–H and O–H groups in total. The third-order valence-electron chi connectivity index (χ3n) is 5.07. The lowest BCUT2D eigenvalue weighted by Crippen LogP contribution is -2.49. The Morgan fingerprint density at radius 2 is 1.93 bits per heavy atom. The lowest BCUT2D eigenvalue weighted by Gasteiger charge is -2.37. The van der Waals surface area contributed by atoms with Crippen LogP contribution in [-0.4, -0.2) is 37.8 Å². The predicted octanol–water partition coefficient (Wildman–Crippen LogP) is 3.40. The average molecular weight is 410 g/mol. The van der Waals surface area contributed by atoms with E-state index in [1.807, 2.05) is 30.3 Å². The molecule has 1 aliphatic heterocycles. The molecule has 158 valence electrons.